The van der Waals surface area contributed by atoms with Crippen LogP contribution in [0, 0.1) is 0 Å². The highest BCUT2D eigenvalue weighted by Gasteiger charge is 2.52. The van der Waals surface area contributed by atoms with Crippen molar-refractivity contribution < 1.29 is 0 Å². The van der Waals surface area contributed by atoms with Gasteiger partial charge >= 0.3 is 0 Å². The third kappa shape index (κ3) is 2.97. The second-order valence-corrected chi connectivity index (χ2v) is 13.8. The topological polar surface area (TPSA) is 0 Å². The Bertz CT molecular complexity index is 2620. The molecule has 3 aliphatic rings. The molecule has 0 amide bonds. The van der Waals surface area contributed by atoms with E-state index in [4.69, 9.17) is 0 Å². The molecule has 8 aromatic carbocycles. The van der Waals surface area contributed by atoms with Crippen LogP contribution in [0.5, 0.6) is 0 Å². The molecule has 46 heavy (non-hydrogen) atoms. The van der Waals surface area contributed by atoms with E-state index >= 15 is 0 Å². The first kappa shape index (κ1) is 24.9. The van der Waals surface area contributed by atoms with E-state index in [9.17, 15) is 0 Å². The van der Waals surface area contributed by atoms with Crippen molar-refractivity contribution in [3.63, 3.8) is 0 Å². The molecule has 0 saturated carbocycles. The molecule has 1 atom stereocenters. The molecule has 0 nitrogen and oxygen atoms in total. The normalized spacial score (nSPS) is 16.3. The summed E-state index contributed by atoms with van der Waals surface area (Å²) in [4.78, 5) is 2.67. The monoisotopic (exact) mass is 598 g/mol. The van der Waals surface area contributed by atoms with Crippen LogP contribution in [0.4, 0.5) is 0 Å². The predicted octanol–water partition coefficient (Wildman–Crippen LogP) is 12.1. The molecule has 1 heterocycles. The van der Waals surface area contributed by atoms with Crippen molar-refractivity contribution in [2.24, 2.45) is 0 Å². The number of fused-ring (bicyclic) bond motifs is 14. The first-order valence-electron chi connectivity index (χ1n) is 16.0. The molecule has 1 unspecified atom stereocenters. The fourth-order valence-electron chi connectivity index (χ4n) is 8.93. The summed E-state index contributed by atoms with van der Waals surface area (Å²) in [6.45, 7) is 0. The largest absolute Gasteiger partial charge is 0.0888 e. The van der Waals surface area contributed by atoms with Crippen molar-refractivity contribution in [2.75, 3.05) is 0 Å². The Labute approximate surface area is 272 Å². The van der Waals surface area contributed by atoms with E-state index in [0.29, 0.717) is 0 Å². The summed E-state index contributed by atoms with van der Waals surface area (Å²) in [6.07, 6.45) is 0. The summed E-state index contributed by atoms with van der Waals surface area (Å²) < 4.78 is 0. The zero-order valence-electron chi connectivity index (χ0n) is 24.9. The van der Waals surface area contributed by atoms with Crippen molar-refractivity contribution in [2.45, 2.75) is 15.2 Å². The lowest BCUT2D eigenvalue weighted by atomic mass is 9.70. The van der Waals surface area contributed by atoms with Crippen molar-refractivity contribution in [1.82, 2.24) is 0 Å². The second kappa shape index (κ2) is 8.88. The van der Waals surface area contributed by atoms with Crippen LogP contribution < -0.4 is 0 Å². The van der Waals surface area contributed by atoms with Gasteiger partial charge in [-0.1, -0.05) is 151 Å². The highest BCUT2D eigenvalue weighted by molar-refractivity contribution is 7.99. The van der Waals surface area contributed by atoms with Gasteiger partial charge in [0.05, 0.1) is 5.41 Å². The number of rotatable bonds is 1. The molecule has 0 fully saturated rings. The Hall–Kier alpha value is -5.37. The Morgan fingerprint density at radius 1 is 0.370 bits per heavy atom. The molecule has 8 aromatic rings. The molecule has 1 spiro atoms. The van der Waals surface area contributed by atoms with Gasteiger partial charge in [-0.15, -0.1) is 0 Å². The maximum absolute atomic E-state index is 2.44. The van der Waals surface area contributed by atoms with E-state index in [1.54, 1.807) is 0 Å². The van der Waals surface area contributed by atoms with E-state index in [-0.39, 0.29) is 5.41 Å². The molecule has 1 aliphatic heterocycles. The van der Waals surface area contributed by atoms with Crippen LogP contribution in [0.25, 0.3) is 66.1 Å². The summed E-state index contributed by atoms with van der Waals surface area (Å²) in [7, 11) is 0. The smallest absolute Gasteiger partial charge is 0.0725 e. The van der Waals surface area contributed by atoms with Gasteiger partial charge in [0.2, 0.25) is 0 Å². The Morgan fingerprint density at radius 2 is 1.00 bits per heavy atom. The summed E-state index contributed by atoms with van der Waals surface area (Å²) in [5, 5.41) is 5.29. The standard InChI is InChI=1S/C45H26S/c1-2-13-30-27(10-1)22-24-39-43(30)33-14-3-5-18-36(33)45(39)37-19-6-4-15-34(37)44-31(16-9-20-38(44)45)29-23-25-40-35(26-29)32-17-7-11-28-12-8-21-41(46-40)42(28)32/h1-26H. The van der Waals surface area contributed by atoms with Crippen molar-refractivity contribution >= 4 is 33.3 Å². The summed E-state index contributed by atoms with van der Waals surface area (Å²) >= 11 is 1.89. The van der Waals surface area contributed by atoms with Crippen LogP contribution in [0.1, 0.15) is 22.3 Å². The molecular formula is C45H26S. The lowest BCUT2D eigenvalue weighted by molar-refractivity contribution is 0.794. The van der Waals surface area contributed by atoms with Gasteiger partial charge in [-0.2, -0.15) is 0 Å². The Balaban J connectivity index is 1.22. The third-order valence-electron chi connectivity index (χ3n) is 10.7. The van der Waals surface area contributed by atoms with Gasteiger partial charge < -0.3 is 0 Å². The quantitative estimate of drug-likeness (QED) is 0.181. The molecule has 1 heteroatoms. The minimum atomic E-state index is -0.369. The molecular weight excluding hydrogens is 573 g/mol. The van der Waals surface area contributed by atoms with Crippen molar-refractivity contribution in [3.05, 3.63) is 180 Å². The van der Waals surface area contributed by atoms with E-state index in [2.05, 4.69) is 158 Å². The van der Waals surface area contributed by atoms with Gasteiger partial charge in [0.1, 0.15) is 0 Å². The molecule has 0 radical (unpaired) electrons. The van der Waals surface area contributed by atoms with E-state index < -0.39 is 0 Å². The zero-order valence-corrected chi connectivity index (χ0v) is 25.7. The fourth-order valence-corrected chi connectivity index (χ4v) is 10.1. The molecule has 0 N–H and O–H groups in total. The molecule has 0 saturated heterocycles. The number of benzene rings is 8. The maximum Gasteiger partial charge on any atom is 0.0725 e. The zero-order chi connectivity index (χ0) is 30.0. The lowest BCUT2D eigenvalue weighted by Gasteiger charge is -2.30. The highest BCUT2D eigenvalue weighted by Crippen LogP contribution is 2.65. The SMILES string of the molecule is c1ccc2c(c1)-c1c(-c3ccc4c(c3)-c3cccc5cccc(c35)S4)cccc1C21c2ccccc2-c2c1ccc1ccccc21. The number of hydrogen-bond donors (Lipinski definition) is 0. The number of hydrogen-bond acceptors (Lipinski definition) is 1. The lowest BCUT2D eigenvalue weighted by Crippen LogP contribution is -2.25. The van der Waals surface area contributed by atoms with Crippen molar-refractivity contribution in [3.8, 4) is 44.5 Å². The molecule has 2 aliphatic carbocycles. The Morgan fingerprint density at radius 3 is 1.87 bits per heavy atom. The van der Waals surface area contributed by atoms with Crippen LogP contribution in [-0.4, -0.2) is 0 Å². The highest BCUT2D eigenvalue weighted by atomic mass is 32.2. The molecule has 11 rings (SSSR count). The summed E-state index contributed by atoms with van der Waals surface area (Å²) in [5.41, 5.74) is 15.8. The average Bonchev–Trinajstić information content (AvgIpc) is 3.59. The van der Waals surface area contributed by atoms with E-state index in [1.807, 2.05) is 11.8 Å². The minimum absolute atomic E-state index is 0.369. The van der Waals surface area contributed by atoms with Gasteiger partial charge in [-0.25, -0.2) is 0 Å². The van der Waals surface area contributed by atoms with Crippen LogP contribution >= 0.6 is 11.8 Å². The minimum Gasteiger partial charge on any atom is -0.0888 e. The summed E-state index contributed by atoms with van der Waals surface area (Å²) in [5.74, 6) is 0. The first-order valence-corrected chi connectivity index (χ1v) is 16.8. The third-order valence-corrected chi connectivity index (χ3v) is 11.8. The summed E-state index contributed by atoms with van der Waals surface area (Å²) in [6, 6.07) is 59.4. The van der Waals surface area contributed by atoms with Gasteiger partial charge in [-0.3, -0.25) is 0 Å². The van der Waals surface area contributed by atoms with E-state index in [1.165, 1.54) is 98.1 Å². The molecule has 0 bridgehead atoms. The fraction of sp³-hybridized carbons (Fsp3) is 0.0222. The van der Waals surface area contributed by atoms with E-state index in [0.717, 1.165) is 0 Å². The van der Waals surface area contributed by atoms with Crippen molar-refractivity contribution in [1.29, 1.82) is 0 Å². The maximum atomic E-state index is 2.44. The average molecular weight is 599 g/mol. The molecule has 212 valence electrons. The van der Waals surface area contributed by atoms with Gasteiger partial charge in [0.25, 0.3) is 0 Å². The predicted molar refractivity (Wildman–Crippen MR) is 193 cm³/mol. The van der Waals surface area contributed by atoms with Crippen LogP contribution in [0.15, 0.2) is 168 Å². The second-order valence-electron chi connectivity index (χ2n) is 12.8. The van der Waals surface area contributed by atoms with Crippen LogP contribution in [0.2, 0.25) is 0 Å². The Kier molecular flexibility index (Phi) is 4.80. The van der Waals surface area contributed by atoms with Gasteiger partial charge in [-0.05, 0) is 101 Å². The first-order chi connectivity index (χ1) is 22.8. The van der Waals surface area contributed by atoms with Gasteiger partial charge in [0.15, 0.2) is 0 Å². The molecule has 0 aromatic heterocycles. The van der Waals surface area contributed by atoms with Crippen LogP contribution in [0.3, 0.4) is 0 Å². The van der Waals surface area contributed by atoms with Crippen LogP contribution in [-0.2, 0) is 5.41 Å². The van der Waals surface area contributed by atoms with Gasteiger partial charge in [0, 0.05) is 15.2 Å².